The average molecular weight is 856 g/mol. The van der Waals surface area contributed by atoms with Crippen LogP contribution in [0.5, 0.6) is 0 Å². The van der Waals surface area contributed by atoms with Gasteiger partial charge in [0.05, 0.1) is 60.7 Å². The van der Waals surface area contributed by atoms with Crippen molar-refractivity contribution in [2.75, 3.05) is 87.9 Å². The van der Waals surface area contributed by atoms with E-state index in [0.717, 1.165) is 12.1 Å². The molecule has 4 aliphatic rings. The summed E-state index contributed by atoms with van der Waals surface area (Å²) in [6.07, 6.45) is 2.97. The standard InChI is InChI=1S/C42H45F4N13O3/c1-4-61-28-19-54(3)39(60)35-16-27(50-40-47-9-7-32(51-40)29-13-26(45)15-33-36(29)57(20-28)24(2)49-33)18-58(35)37-30-17-48-59(34-6-5-25(44)14-31(34)46)38(30)53-41(52-37)56-22-42(23-56)21-55(10-8-43)11-12-62-42/h5-7,9,13-15,17,27-28,35H,4,8,10-12,16,18-23H2,1-3H3,(H,47,50,51)/t27-,28-,35-/m0/s1. The number of anilines is 3. The Balaban J connectivity index is 1.07. The van der Waals surface area contributed by atoms with E-state index in [9.17, 15) is 13.6 Å². The van der Waals surface area contributed by atoms with Gasteiger partial charge in [-0.25, -0.2) is 37.2 Å². The van der Waals surface area contributed by atoms with Gasteiger partial charge < -0.3 is 34.1 Å². The molecular weight excluding hydrogens is 811 g/mol. The number of hydrogen-bond acceptors (Lipinski definition) is 13. The first kappa shape index (κ1) is 40.1. The summed E-state index contributed by atoms with van der Waals surface area (Å²) in [5, 5.41) is 8.42. The van der Waals surface area contributed by atoms with Gasteiger partial charge in [-0.15, -0.1) is 0 Å². The number of halogens is 4. The number of rotatable bonds is 7. The molecule has 1 amide bonds. The first-order valence-corrected chi connectivity index (χ1v) is 20.8. The van der Waals surface area contributed by atoms with Crippen molar-refractivity contribution in [1.29, 1.82) is 0 Å². The number of aryl methyl sites for hydroxylation is 1. The number of imidazole rings is 1. The van der Waals surface area contributed by atoms with Gasteiger partial charge in [0.15, 0.2) is 11.5 Å². The fourth-order valence-corrected chi connectivity index (χ4v) is 9.48. The number of fused-ring (bicyclic) bond motifs is 6. The molecule has 3 saturated heterocycles. The molecule has 1 N–H and O–H groups in total. The number of alkyl halides is 1. The minimum Gasteiger partial charge on any atom is -0.375 e. The normalized spacial score (nSPS) is 21.7. The molecule has 10 rings (SSSR count). The predicted octanol–water partition coefficient (Wildman–Crippen LogP) is 4.14. The predicted molar refractivity (Wildman–Crippen MR) is 222 cm³/mol. The van der Waals surface area contributed by atoms with E-state index in [1.54, 1.807) is 24.2 Å². The monoisotopic (exact) mass is 855 g/mol. The molecule has 1 spiro atoms. The van der Waals surface area contributed by atoms with E-state index in [1.165, 1.54) is 29.1 Å². The maximum atomic E-state index is 15.4. The second-order valence-corrected chi connectivity index (χ2v) is 16.5. The van der Waals surface area contributed by atoms with E-state index in [0.29, 0.717) is 104 Å². The molecule has 8 heterocycles. The Hall–Kier alpha value is -5.99. The van der Waals surface area contributed by atoms with E-state index >= 15 is 8.78 Å². The molecule has 0 radical (unpaired) electrons. The number of ether oxygens (including phenoxy) is 2. The highest BCUT2D eigenvalue weighted by Crippen LogP contribution is 2.38. The van der Waals surface area contributed by atoms with Gasteiger partial charge in [-0.3, -0.25) is 9.69 Å². The Morgan fingerprint density at radius 2 is 1.85 bits per heavy atom. The number of likely N-dealkylation sites (N-methyl/N-ethyl adjacent to an activating group) is 1. The SMILES string of the molecule is CCO[C@H]1CN(C)C(=O)[C@@H]2C[C@@H](CN2c2nc(N3CC4(CN(CCF)CCO4)C3)nc3c2cnn3-c2ccc(F)cc2F)Nc2nccc(n2)-c2cc(F)cc3nc(C)n(c23)C1. The minimum atomic E-state index is -0.834. The molecule has 0 aliphatic carbocycles. The number of benzene rings is 2. The number of morpholine rings is 1. The summed E-state index contributed by atoms with van der Waals surface area (Å²) in [5.74, 6) is -0.610. The smallest absolute Gasteiger partial charge is 0.245 e. The first-order chi connectivity index (χ1) is 30.0. The van der Waals surface area contributed by atoms with Crippen LogP contribution in [0.25, 0.3) is 39.0 Å². The number of aromatic nitrogens is 8. The molecule has 62 heavy (non-hydrogen) atoms. The summed E-state index contributed by atoms with van der Waals surface area (Å²) in [5.41, 5.74) is 1.87. The van der Waals surface area contributed by atoms with Crippen molar-refractivity contribution < 1.29 is 31.8 Å². The summed E-state index contributed by atoms with van der Waals surface area (Å²) >= 11 is 0. The molecule has 20 heteroatoms. The lowest BCUT2D eigenvalue weighted by Gasteiger charge is -2.53. The molecular formula is C42H45F4N13O3. The zero-order chi connectivity index (χ0) is 42.9. The van der Waals surface area contributed by atoms with Gasteiger partial charge >= 0.3 is 0 Å². The van der Waals surface area contributed by atoms with Gasteiger partial charge in [0, 0.05) is 76.3 Å². The van der Waals surface area contributed by atoms with E-state index in [2.05, 4.69) is 15.4 Å². The minimum absolute atomic E-state index is 0.0184. The zero-order valence-corrected chi connectivity index (χ0v) is 34.4. The summed E-state index contributed by atoms with van der Waals surface area (Å²) in [7, 11) is 1.74. The number of hydrogen-bond donors (Lipinski definition) is 1. The van der Waals surface area contributed by atoms with Crippen molar-refractivity contribution in [2.24, 2.45) is 0 Å². The highest BCUT2D eigenvalue weighted by atomic mass is 19.1. The average Bonchev–Trinajstić information content (AvgIpc) is 3.94. The van der Waals surface area contributed by atoms with Gasteiger partial charge in [-0.05, 0) is 44.5 Å². The first-order valence-electron chi connectivity index (χ1n) is 20.8. The lowest BCUT2D eigenvalue weighted by atomic mass is 9.92. The quantitative estimate of drug-likeness (QED) is 0.230. The number of nitrogens with one attached hydrogen (secondary N) is 1. The van der Waals surface area contributed by atoms with Crippen LogP contribution in [-0.2, 0) is 20.8 Å². The highest BCUT2D eigenvalue weighted by Gasteiger charge is 2.49. The third kappa shape index (κ3) is 7.12. The van der Waals surface area contributed by atoms with Gasteiger partial charge in [0.2, 0.25) is 17.8 Å². The Bertz CT molecular complexity index is 2690. The van der Waals surface area contributed by atoms with E-state index < -0.39 is 41.9 Å². The molecule has 4 aromatic heterocycles. The number of carbonyl (C=O) groups is 1. The van der Waals surface area contributed by atoms with Crippen LogP contribution < -0.4 is 15.1 Å². The Morgan fingerprint density at radius 1 is 1.00 bits per heavy atom. The molecule has 3 atom stereocenters. The van der Waals surface area contributed by atoms with Gasteiger partial charge in [0.1, 0.15) is 47.3 Å². The molecule has 0 unspecified atom stereocenters. The van der Waals surface area contributed by atoms with Crippen LogP contribution in [0.4, 0.5) is 35.3 Å². The Labute approximate surface area is 353 Å². The fourth-order valence-electron chi connectivity index (χ4n) is 9.48. The lowest BCUT2D eigenvalue weighted by molar-refractivity contribution is -0.133. The van der Waals surface area contributed by atoms with E-state index in [4.69, 9.17) is 29.4 Å². The molecule has 2 aromatic carbocycles. The van der Waals surface area contributed by atoms with Crippen LogP contribution in [0.2, 0.25) is 0 Å². The summed E-state index contributed by atoms with van der Waals surface area (Å²) in [6, 6.07) is 6.65. The third-order valence-electron chi connectivity index (χ3n) is 12.3. The fraction of sp³-hybridized carbons (Fsp3) is 0.452. The Morgan fingerprint density at radius 3 is 2.66 bits per heavy atom. The molecule has 324 valence electrons. The molecule has 3 fully saturated rings. The number of nitrogens with zero attached hydrogens (tertiary/aromatic N) is 12. The number of carbonyl (C=O) groups excluding carboxylic acids is 1. The van der Waals surface area contributed by atoms with Crippen LogP contribution in [-0.4, -0.2) is 152 Å². The Kier molecular flexibility index (Phi) is 10.2. The second-order valence-electron chi connectivity index (χ2n) is 16.5. The van der Waals surface area contributed by atoms with Crippen LogP contribution in [0.1, 0.15) is 19.2 Å². The molecule has 6 aromatic rings. The zero-order valence-electron chi connectivity index (χ0n) is 34.4. The van der Waals surface area contributed by atoms with Crippen molar-refractivity contribution in [3.8, 4) is 16.9 Å². The third-order valence-corrected chi connectivity index (χ3v) is 12.3. The summed E-state index contributed by atoms with van der Waals surface area (Å²) < 4.78 is 73.9. The van der Waals surface area contributed by atoms with Gasteiger partial charge in [-0.1, -0.05) is 0 Å². The van der Waals surface area contributed by atoms with Gasteiger partial charge in [-0.2, -0.15) is 15.1 Å². The van der Waals surface area contributed by atoms with Crippen molar-refractivity contribution in [1.82, 2.24) is 49.1 Å². The van der Waals surface area contributed by atoms with E-state index in [-0.39, 0.29) is 42.3 Å². The largest absolute Gasteiger partial charge is 0.375 e. The maximum absolute atomic E-state index is 15.4. The molecule has 16 nitrogen and oxygen atoms in total. The lowest BCUT2D eigenvalue weighted by Crippen LogP contribution is -2.70. The van der Waals surface area contributed by atoms with Gasteiger partial charge in [0.25, 0.3) is 0 Å². The maximum Gasteiger partial charge on any atom is 0.245 e. The molecule has 4 aliphatic heterocycles. The van der Waals surface area contributed by atoms with Crippen LogP contribution >= 0.6 is 0 Å². The van der Waals surface area contributed by atoms with Crippen molar-refractivity contribution in [3.63, 3.8) is 0 Å². The van der Waals surface area contributed by atoms with E-state index in [1.807, 2.05) is 33.1 Å². The van der Waals surface area contributed by atoms with Crippen LogP contribution in [0.15, 0.2) is 48.8 Å². The summed E-state index contributed by atoms with van der Waals surface area (Å²) in [6.45, 7) is 7.25. The second kappa shape index (κ2) is 15.7. The number of amides is 1. The van der Waals surface area contributed by atoms with Crippen molar-refractivity contribution in [3.05, 3.63) is 72.1 Å². The topological polar surface area (TPSA) is 148 Å². The van der Waals surface area contributed by atoms with Crippen LogP contribution in [0.3, 0.4) is 0 Å². The van der Waals surface area contributed by atoms with Crippen molar-refractivity contribution >= 4 is 45.7 Å². The summed E-state index contributed by atoms with van der Waals surface area (Å²) in [4.78, 5) is 46.6. The van der Waals surface area contributed by atoms with Crippen molar-refractivity contribution in [2.45, 2.75) is 50.6 Å². The highest BCUT2D eigenvalue weighted by molar-refractivity contribution is 5.94. The molecule has 0 saturated carbocycles. The molecule has 4 bridgehead atoms. The van der Waals surface area contributed by atoms with Crippen LogP contribution in [0, 0.1) is 24.4 Å².